The van der Waals surface area contributed by atoms with E-state index >= 15 is 0 Å². The molecule has 0 saturated heterocycles. The molecule has 0 atom stereocenters. The summed E-state index contributed by atoms with van der Waals surface area (Å²) >= 11 is 3.71. The van der Waals surface area contributed by atoms with Crippen LogP contribution in [0.2, 0.25) is 0 Å². The molecule has 2 fully saturated rings. The zero-order valence-electron chi connectivity index (χ0n) is 19.7. The number of rotatable bonds is 8. The Hall–Kier alpha value is -1.72. The normalized spacial score (nSPS) is 18.7. The molecular formula is C28H37N3S2. The lowest BCUT2D eigenvalue weighted by Crippen LogP contribution is -2.22. The summed E-state index contributed by atoms with van der Waals surface area (Å²) in [4.78, 5) is 7.61. The first-order valence-corrected chi connectivity index (χ1v) is 14.7. The summed E-state index contributed by atoms with van der Waals surface area (Å²) in [5.74, 6) is 2.39. The van der Waals surface area contributed by atoms with Crippen molar-refractivity contribution in [1.82, 2.24) is 4.57 Å². The van der Waals surface area contributed by atoms with Gasteiger partial charge in [-0.05, 0) is 61.8 Å². The lowest BCUT2D eigenvalue weighted by molar-refractivity contribution is 0.320. The molecule has 0 unspecified atom stereocenters. The van der Waals surface area contributed by atoms with Gasteiger partial charge >= 0.3 is 0 Å². The molecule has 0 amide bonds. The van der Waals surface area contributed by atoms with Crippen molar-refractivity contribution in [3.05, 3.63) is 53.3 Å². The van der Waals surface area contributed by atoms with E-state index in [1.165, 1.54) is 89.8 Å². The van der Waals surface area contributed by atoms with Crippen molar-refractivity contribution in [3.63, 3.8) is 0 Å². The summed E-state index contributed by atoms with van der Waals surface area (Å²) in [5.41, 5.74) is 2.63. The smallest absolute Gasteiger partial charge is 0.186 e. The van der Waals surface area contributed by atoms with Crippen LogP contribution in [0.25, 0.3) is 10.2 Å². The van der Waals surface area contributed by atoms with Crippen LogP contribution in [0, 0.1) is 11.8 Å². The Labute approximate surface area is 206 Å². The van der Waals surface area contributed by atoms with E-state index in [0.29, 0.717) is 0 Å². The summed E-state index contributed by atoms with van der Waals surface area (Å²) in [6.07, 6.45) is 13.9. The molecular weight excluding hydrogens is 442 g/mol. The number of nitrogens with one attached hydrogen (secondary N) is 1. The molecule has 1 heterocycles. The number of para-hydroxylation sites is 2. The van der Waals surface area contributed by atoms with Gasteiger partial charge in [0.05, 0.1) is 16.1 Å². The number of thiazole rings is 1. The summed E-state index contributed by atoms with van der Waals surface area (Å²) in [7, 11) is 0. The highest BCUT2D eigenvalue weighted by atomic mass is 32.2. The molecule has 0 radical (unpaired) electrons. The molecule has 2 aliphatic carbocycles. The van der Waals surface area contributed by atoms with Gasteiger partial charge in [-0.3, -0.25) is 0 Å². The Kier molecular flexibility index (Phi) is 8.11. The fraction of sp³-hybridized carbons (Fsp3) is 0.536. The van der Waals surface area contributed by atoms with Gasteiger partial charge in [0.1, 0.15) is 0 Å². The first-order chi connectivity index (χ1) is 16.4. The number of anilines is 1. The number of hydrogen-bond acceptors (Lipinski definition) is 4. The largest absolute Gasteiger partial charge is 0.384 e. The van der Waals surface area contributed by atoms with Crippen LogP contribution in [0.1, 0.15) is 64.2 Å². The predicted molar refractivity (Wildman–Crippen MR) is 144 cm³/mol. The molecule has 176 valence electrons. The quantitative estimate of drug-likeness (QED) is 0.332. The SMILES string of the molecule is c1ccc(SC/N=c2\sc3ccccc3n2CC2CCCCC2)c(NCC2CCCCC2)c1. The molecule has 3 aromatic rings. The van der Waals surface area contributed by atoms with Crippen molar-refractivity contribution in [2.75, 3.05) is 17.7 Å². The van der Waals surface area contributed by atoms with E-state index in [-0.39, 0.29) is 0 Å². The fourth-order valence-corrected chi connectivity index (χ4v) is 7.40. The Morgan fingerprint density at radius 2 is 1.55 bits per heavy atom. The zero-order valence-corrected chi connectivity index (χ0v) is 21.3. The van der Waals surface area contributed by atoms with Gasteiger partial charge in [0.2, 0.25) is 0 Å². The Morgan fingerprint density at radius 1 is 0.848 bits per heavy atom. The lowest BCUT2D eigenvalue weighted by atomic mass is 9.89. The lowest BCUT2D eigenvalue weighted by Gasteiger charge is -2.23. The molecule has 5 heteroatoms. The van der Waals surface area contributed by atoms with E-state index in [0.717, 1.165) is 30.8 Å². The molecule has 5 rings (SSSR count). The molecule has 3 nitrogen and oxygen atoms in total. The summed E-state index contributed by atoms with van der Waals surface area (Å²) in [5, 5.41) is 3.75. The van der Waals surface area contributed by atoms with Gasteiger partial charge in [-0.25, -0.2) is 4.99 Å². The van der Waals surface area contributed by atoms with Crippen LogP contribution in [-0.4, -0.2) is 17.0 Å². The van der Waals surface area contributed by atoms with Crippen molar-refractivity contribution >= 4 is 39.0 Å². The van der Waals surface area contributed by atoms with Gasteiger partial charge < -0.3 is 9.88 Å². The minimum absolute atomic E-state index is 0.764. The van der Waals surface area contributed by atoms with Gasteiger partial charge in [-0.2, -0.15) is 0 Å². The first kappa shape index (κ1) is 23.0. The van der Waals surface area contributed by atoms with Crippen molar-refractivity contribution in [3.8, 4) is 0 Å². The second-order valence-corrected chi connectivity index (χ2v) is 11.8. The molecule has 2 aliphatic rings. The van der Waals surface area contributed by atoms with Gasteiger partial charge in [-0.1, -0.05) is 74.1 Å². The molecule has 0 bridgehead atoms. The summed E-state index contributed by atoms with van der Waals surface area (Å²) in [6.45, 7) is 2.22. The number of fused-ring (bicyclic) bond motifs is 1. The second-order valence-electron chi connectivity index (χ2n) is 9.78. The minimum Gasteiger partial charge on any atom is -0.384 e. The standard InChI is InChI=1S/C28H37N3S2/c1-3-11-22(12-4-1)19-29-24-15-7-9-17-26(24)32-21-30-28-31(20-23-13-5-2-6-14-23)25-16-8-10-18-27(25)33-28/h7-10,15-18,22-23,29H,1-6,11-14,19-21H2/b30-28-. The predicted octanol–water partition coefficient (Wildman–Crippen LogP) is 7.93. The Balaban J connectivity index is 1.29. The van der Waals surface area contributed by atoms with Crippen molar-refractivity contribution < 1.29 is 0 Å². The maximum Gasteiger partial charge on any atom is 0.186 e. The monoisotopic (exact) mass is 479 g/mol. The number of benzene rings is 2. The maximum atomic E-state index is 5.11. The average molecular weight is 480 g/mol. The van der Waals surface area contributed by atoms with Crippen LogP contribution in [0.3, 0.4) is 0 Å². The third-order valence-corrected chi connectivity index (χ3v) is 9.39. The minimum atomic E-state index is 0.764. The molecule has 2 aromatic carbocycles. The summed E-state index contributed by atoms with van der Waals surface area (Å²) in [6, 6.07) is 17.6. The van der Waals surface area contributed by atoms with Crippen LogP contribution in [0.15, 0.2) is 58.4 Å². The first-order valence-electron chi connectivity index (χ1n) is 12.9. The summed E-state index contributed by atoms with van der Waals surface area (Å²) < 4.78 is 3.86. The molecule has 1 aromatic heterocycles. The van der Waals surface area contributed by atoms with Crippen LogP contribution in [0.4, 0.5) is 5.69 Å². The van der Waals surface area contributed by atoms with E-state index in [4.69, 9.17) is 4.99 Å². The molecule has 0 aliphatic heterocycles. The fourth-order valence-electron chi connectivity index (χ4n) is 5.49. The number of nitrogens with zero attached hydrogens (tertiary/aromatic N) is 2. The molecule has 1 N–H and O–H groups in total. The number of hydrogen-bond donors (Lipinski definition) is 1. The highest BCUT2D eigenvalue weighted by molar-refractivity contribution is 7.99. The van der Waals surface area contributed by atoms with Gasteiger partial charge in [0.15, 0.2) is 4.80 Å². The maximum absolute atomic E-state index is 5.11. The van der Waals surface area contributed by atoms with Gasteiger partial charge in [-0.15, -0.1) is 11.8 Å². The Morgan fingerprint density at radius 3 is 2.36 bits per heavy atom. The van der Waals surface area contributed by atoms with Gasteiger partial charge in [0.25, 0.3) is 0 Å². The third-order valence-electron chi connectivity index (χ3n) is 7.37. The van der Waals surface area contributed by atoms with Crippen molar-refractivity contribution in [2.24, 2.45) is 16.8 Å². The highest BCUT2D eigenvalue weighted by Crippen LogP contribution is 2.30. The van der Waals surface area contributed by atoms with E-state index in [1.807, 2.05) is 23.1 Å². The van der Waals surface area contributed by atoms with Crippen LogP contribution in [-0.2, 0) is 6.54 Å². The molecule has 0 spiro atoms. The molecule has 33 heavy (non-hydrogen) atoms. The number of thioether (sulfide) groups is 1. The van der Waals surface area contributed by atoms with Crippen molar-refractivity contribution in [1.29, 1.82) is 0 Å². The van der Waals surface area contributed by atoms with Gasteiger partial charge in [0, 0.05) is 23.7 Å². The number of aromatic nitrogens is 1. The topological polar surface area (TPSA) is 29.3 Å². The van der Waals surface area contributed by atoms with E-state index in [9.17, 15) is 0 Å². The van der Waals surface area contributed by atoms with Crippen molar-refractivity contribution in [2.45, 2.75) is 75.6 Å². The zero-order chi connectivity index (χ0) is 22.3. The average Bonchev–Trinajstić information content (AvgIpc) is 3.22. The third kappa shape index (κ3) is 6.05. The molecule has 2 saturated carbocycles. The van der Waals surface area contributed by atoms with Crippen LogP contribution < -0.4 is 10.1 Å². The van der Waals surface area contributed by atoms with E-state index in [1.54, 1.807) is 0 Å². The van der Waals surface area contributed by atoms with Crippen LogP contribution in [0.5, 0.6) is 0 Å². The Bertz CT molecular complexity index is 1090. The second kappa shape index (κ2) is 11.6. The highest BCUT2D eigenvalue weighted by Gasteiger charge is 2.17. The van der Waals surface area contributed by atoms with E-state index < -0.39 is 0 Å². The van der Waals surface area contributed by atoms with E-state index in [2.05, 4.69) is 58.4 Å². The van der Waals surface area contributed by atoms with Crippen LogP contribution >= 0.6 is 23.1 Å².